The maximum absolute atomic E-state index is 13.2. The lowest BCUT2D eigenvalue weighted by molar-refractivity contribution is -0.129. The van der Waals surface area contributed by atoms with Gasteiger partial charge in [-0.15, -0.1) is 0 Å². The molecule has 1 heterocycles. The van der Waals surface area contributed by atoms with E-state index in [1.165, 1.54) is 12.1 Å². The van der Waals surface area contributed by atoms with Gasteiger partial charge in [-0.3, -0.25) is 9.69 Å². The molecule has 1 unspecified atom stereocenters. The Kier molecular flexibility index (Phi) is 4.53. The van der Waals surface area contributed by atoms with Gasteiger partial charge in [0.1, 0.15) is 11.6 Å². The van der Waals surface area contributed by atoms with E-state index in [9.17, 15) is 13.6 Å². The van der Waals surface area contributed by atoms with Crippen molar-refractivity contribution >= 4 is 5.78 Å². The van der Waals surface area contributed by atoms with E-state index in [4.69, 9.17) is 0 Å². The number of rotatable bonds is 5. The Morgan fingerprint density at radius 3 is 2.25 bits per heavy atom. The first-order chi connectivity index (χ1) is 9.45. The smallest absolute Gasteiger partial charge is 0.157 e. The third-order valence-electron chi connectivity index (χ3n) is 4.38. The molecule has 0 aromatic heterocycles. The molecule has 1 saturated heterocycles. The summed E-state index contributed by atoms with van der Waals surface area (Å²) in [5.74, 6) is -1.23. The average molecular weight is 281 g/mol. The standard InChI is InChI=1S/C16H21F2NO/c1-3-16(2,19-6-4-5-7-19)15(20)10-12-8-13(17)11-14(18)9-12/h8-9,11H,3-7,10H2,1-2H3. The predicted octanol–water partition coefficient (Wildman–Crippen LogP) is 3.34. The van der Waals surface area contributed by atoms with Crippen LogP contribution in [0.4, 0.5) is 8.78 Å². The van der Waals surface area contributed by atoms with Crippen molar-refractivity contribution in [3.63, 3.8) is 0 Å². The molecule has 1 aromatic carbocycles. The number of ketones is 1. The molecule has 110 valence electrons. The van der Waals surface area contributed by atoms with Crippen molar-refractivity contribution < 1.29 is 13.6 Å². The van der Waals surface area contributed by atoms with Gasteiger partial charge in [-0.05, 0) is 57.0 Å². The van der Waals surface area contributed by atoms with Gasteiger partial charge in [-0.1, -0.05) is 6.92 Å². The zero-order chi connectivity index (χ0) is 14.8. The molecule has 0 saturated carbocycles. The third kappa shape index (κ3) is 3.06. The van der Waals surface area contributed by atoms with Gasteiger partial charge in [-0.2, -0.15) is 0 Å². The quantitative estimate of drug-likeness (QED) is 0.825. The highest BCUT2D eigenvalue weighted by molar-refractivity contribution is 5.89. The van der Waals surface area contributed by atoms with E-state index in [-0.39, 0.29) is 12.2 Å². The van der Waals surface area contributed by atoms with Crippen molar-refractivity contribution in [1.29, 1.82) is 0 Å². The van der Waals surface area contributed by atoms with Gasteiger partial charge in [0.25, 0.3) is 0 Å². The number of hydrogen-bond acceptors (Lipinski definition) is 2. The van der Waals surface area contributed by atoms with Gasteiger partial charge in [0.2, 0.25) is 0 Å². The first kappa shape index (κ1) is 15.1. The van der Waals surface area contributed by atoms with Crippen molar-refractivity contribution in [2.75, 3.05) is 13.1 Å². The summed E-state index contributed by atoms with van der Waals surface area (Å²) in [6.45, 7) is 5.78. The van der Waals surface area contributed by atoms with E-state index in [0.717, 1.165) is 32.0 Å². The van der Waals surface area contributed by atoms with E-state index in [2.05, 4.69) is 4.90 Å². The van der Waals surface area contributed by atoms with Gasteiger partial charge in [0.05, 0.1) is 5.54 Å². The summed E-state index contributed by atoms with van der Waals surface area (Å²) in [5.41, 5.74) is -0.120. The molecule has 1 aromatic rings. The van der Waals surface area contributed by atoms with Gasteiger partial charge >= 0.3 is 0 Å². The van der Waals surface area contributed by atoms with E-state index in [0.29, 0.717) is 12.0 Å². The zero-order valence-corrected chi connectivity index (χ0v) is 12.1. The van der Waals surface area contributed by atoms with Crippen LogP contribution in [0.2, 0.25) is 0 Å². The van der Waals surface area contributed by atoms with Crippen LogP contribution in [0.15, 0.2) is 18.2 Å². The minimum atomic E-state index is -0.632. The van der Waals surface area contributed by atoms with E-state index in [1.807, 2.05) is 13.8 Å². The van der Waals surface area contributed by atoms with E-state index < -0.39 is 17.2 Å². The number of benzene rings is 1. The average Bonchev–Trinajstić information content (AvgIpc) is 2.90. The Balaban J connectivity index is 2.16. The Morgan fingerprint density at radius 2 is 1.75 bits per heavy atom. The SMILES string of the molecule is CCC(C)(C(=O)Cc1cc(F)cc(F)c1)N1CCCC1. The summed E-state index contributed by atoms with van der Waals surface area (Å²) >= 11 is 0. The summed E-state index contributed by atoms with van der Waals surface area (Å²) in [4.78, 5) is 14.8. The van der Waals surface area contributed by atoms with Crippen molar-refractivity contribution in [1.82, 2.24) is 4.90 Å². The predicted molar refractivity (Wildman–Crippen MR) is 74.6 cm³/mol. The zero-order valence-electron chi connectivity index (χ0n) is 12.1. The molecule has 20 heavy (non-hydrogen) atoms. The van der Waals surface area contributed by atoms with E-state index in [1.54, 1.807) is 0 Å². The van der Waals surface area contributed by atoms with Crippen LogP contribution in [0.1, 0.15) is 38.7 Å². The third-order valence-corrected chi connectivity index (χ3v) is 4.38. The Bertz CT molecular complexity index is 477. The second-order valence-electron chi connectivity index (χ2n) is 5.70. The maximum Gasteiger partial charge on any atom is 0.157 e. The molecule has 0 spiro atoms. The minimum Gasteiger partial charge on any atom is -0.297 e. The molecule has 0 N–H and O–H groups in total. The number of carbonyl (C=O) groups is 1. The Labute approximate surface area is 118 Å². The topological polar surface area (TPSA) is 20.3 Å². The first-order valence-electron chi connectivity index (χ1n) is 7.19. The Hall–Kier alpha value is -1.29. The number of carbonyl (C=O) groups excluding carboxylic acids is 1. The second-order valence-corrected chi connectivity index (χ2v) is 5.70. The van der Waals surface area contributed by atoms with Gasteiger partial charge in [-0.25, -0.2) is 8.78 Å². The summed E-state index contributed by atoms with van der Waals surface area (Å²) < 4.78 is 26.4. The van der Waals surface area contributed by atoms with E-state index >= 15 is 0 Å². The van der Waals surface area contributed by atoms with Crippen LogP contribution in [-0.2, 0) is 11.2 Å². The number of hydrogen-bond donors (Lipinski definition) is 0. The van der Waals surface area contributed by atoms with Crippen molar-refractivity contribution in [3.8, 4) is 0 Å². The fourth-order valence-electron chi connectivity index (χ4n) is 2.90. The molecular weight excluding hydrogens is 260 g/mol. The highest BCUT2D eigenvalue weighted by Gasteiger charge is 2.38. The summed E-state index contributed by atoms with van der Waals surface area (Å²) in [7, 11) is 0. The molecule has 0 aliphatic carbocycles. The largest absolute Gasteiger partial charge is 0.297 e. The highest BCUT2D eigenvalue weighted by Crippen LogP contribution is 2.27. The number of nitrogens with zero attached hydrogens (tertiary/aromatic N) is 1. The van der Waals surface area contributed by atoms with Crippen LogP contribution in [0.25, 0.3) is 0 Å². The minimum absolute atomic E-state index is 0.0342. The lowest BCUT2D eigenvalue weighted by Crippen LogP contribution is -2.51. The summed E-state index contributed by atoms with van der Waals surface area (Å²) in [6.07, 6.45) is 3.01. The molecule has 0 bridgehead atoms. The van der Waals surface area contributed by atoms with Crippen LogP contribution in [0.3, 0.4) is 0 Å². The van der Waals surface area contributed by atoms with Crippen molar-refractivity contribution in [2.45, 2.75) is 45.1 Å². The molecule has 2 rings (SSSR count). The van der Waals surface area contributed by atoms with Crippen LogP contribution >= 0.6 is 0 Å². The fourth-order valence-corrected chi connectivity index (χ4v) is 2.90. The van der Waals surface area contributed by atoms with Crippen LogP contribution in [0, 0.1) is 11.6 Å². The summed E-state index contributed by atoms with van der Waals surface area (Å²) in [6, 6.07) is 3.30. The van der Waals surface area contributed by atoms with Crippen LogP contribution in [-0.4, -0.2) is 29.3 Å². The first-order valence-corrected chi connectivity index (χ1v) is 7.19. The number of likely N-dealkylation sites (tertiary alicyclic amines) is 1. The molecule has 1 atom stereocenters. The van der Waals surface area contributed by atoms with Crippen LogP contribution in [0.5, 0.6) is 0 Å². The molecular formula is C16H21F2NO. The van der Waals surface area contributed by atoms with Gasteiger partial charge in [0.15, 0.2) is 5.78 Å². The van der Waals surface area contributed by atoms with Gasteiger partial charge in [0, 0.05) is 12.5 Å². The second kappa shape index (κ2) is 6.00. The molecule has 1 aliphatic rings. The molecule has 2 nitrogen and oxygen atoms in total. The van der Waals surface area contributed by atoms with Gasteiger partial charge < -0.3 is 0 Å². The van der Waals surface area contributed by atoms with Crippen molar-refractivity contribution in [2.24, 2.45) is 0 Å². The fraction of sp³-hybridized carbons (Fsp3) is 0.562. The molecule has 0 radical (unpaired) electrons. The number of halogens is 2. The van der Waals surface area contributed by atoms with Crippen LogP contribution < -0.4 is 0 Å². The maximum atomic E-state index is 13.2. The monoisotopic (exact) mass is 281 g/mol. The number of Topliss-reactive ketones (excluding diaryl/α,β-unsaturated/α-hetero) is 1. The normalized spacial score (nSPS) is 19.0. The van der Waals surface area contributed by atoms with Crippen molar-refractivity contribution in [3.05, 3.63) is 35.4 Å². The Morgan fingerprint density at radius 1 is 1.20 bits per heavy atom. The molecule has 0 amide bonds. The summed E-state index contributed by atoms with van der Waals surface area (Å²) in [5, 5.41) is 0. The molecule has 1 fully saturated rings. The molecule has 4 heteroatoms. The lowest BCUT2D eigenvalue weighted by Gasteiger charge is -2.36. The highest BCUT2D eigenvalue weighted by atomic mass is 19.1. The lowest BCUT2D eigenvalue weighted by atomic mass is 9.87. The molecule has 1 aliphatic heterocycles.